The Morgan fingerprint density at radius 1 is 1.30 bits per heavy atom. The SMILES string of the molecule is COc1ncccc1CNC(=O)c1cc(C(C)C)nc2c1cnn2C(C)C. The maximum Gasteiger partial charge on any atom is 0.252 e. The number of amides is 1. The van der Waals surface area contributed by atoms with Gasteiger partial charge in [0.1, 0.15) is 0 Å². The third kappa shape index (κ3) is 3.77. The van der Waals surface area contributed by atoms with E-state index in [1.54, 1.807) is 19.5 Å². The van der Waals surface area contributed by atoms with Gasteiger partial charge in [0, 0.05) is 30.0 Å². The number of nitrogens with zero attached hydrogens (tertiary/aromatic N) is 4. The largest absolute Gasteiger partial charge is 0.481 e. The Bertz CT molecular complexity index is 962. The van der Waals surface area contributed by atoms with Gasteiger partial charge >= 0.3 is 0 Å². The fourth-order valence-corrected chi connectivity index (χ4v) is 2.91. The first kappa shape index (κ1) is 18.8. The van der Waals surface area contributed by atoms with E-state index < -0.39 is 0 Å². The molecule has 0 radical (unpaired) electrons. The van der Waals surface area contributed by atoms with E-state index in [2.05, 4.69) is 29.2 Å². The number of rotatable bonds is 6. The lowest BCUT2D eigenvalue weighted by molar-refractivity contribution is 0.0952. The van der Waals surface area contributed by atoms with E-state index in [1.807, 2.05) is 36.7 Å². The summed E-state index contributed by atoms with van der Waals surface area (Å²) in [6, 6.07) is 5.71. The number of pyridine rings is 2. The summed E-state index contributed by atoms with van der Waals surface area (Å²) in [7, 11) is 1.56. The highest BCUT2D eigenvalue weighted by Gasteiger charge is 2.19. The fourth-order valence-electron chi connectivity index (χ4n) is 2.91. The second-order valence-corrected chi connectivity index (χ2v) is 7.02. The molecule has 3 aromatic heterocycles. The third-order valence-corrected chi connectivity index (χ3v) is 4.39. The van der Waals surface area contributed by atoms with Gasteiger partial charge in [-0.05, 0) is 31.9 Å². The molecule has 1 N–H and O–H groups in total. The molecule has 0 atom stereocenters. The Morgan fingerprint density at radius 2 is 2.07 bits per heavy atom. The Morgan fingerprint density at radius 3 is 2.74 bits per heavy atom. The molecule has 0 aromatic carbocycles. The first-order valence-electron chi connectivity index (χ1n) is 9.06. The number of hydrogen-bond donors (Lipinski definition) is 1. The van der Waals surface area contributed by atoms with Crippen molar-refractivity contribution in [3.8, 4) is 5.88 Å². The Kier molecular flexibility index (Phi) is 5.39. The van der Waals surface area contributed by atoms with E-state index in [9.17, 15) is 4.79 Å². The van der Waals surface area contributed by atoms with E-state index in [1.165, 1.54) is 0 Å². The van der Waals surface area contributed by atoms with Crippen LogP contribution in [0, 0.1) is 0 Å². The molecule has 0 saturated heterocycles. The highest BCUT2D eigenvalue weighted by Crippen LogP contribution is 2.24. The summed E-state index contributed by atoms with van der Waals surface area (Å²) in [6.45, 7) is 8.54. The van der Waals surface area contributed by atoms with E-state index in [-0.39, 0.29) is 17.9 Å². The van der Waals surface area contributed by atoms with Crippen LogP contribution in [-0.2, 0) is 6.54 Å². The number of nitrogens with one attached hydrogen (secondary N) is 1. The van der Waals surface area contributed by atoms with Crippen molar-refractivity contribution >= 4 is 16.9 Å². The molecule has 7 heteroatoms. The van der Waals surface area contributed by atoms with Gasteiger partial charge in [0.2, 0.25) is 5.88 Å². The van der Waals surface area contributed by atoms with Crippen molar-refractivity contribution in [1.29, 1.82) is 0 Å². The molecule has 3 heterocycles. The van der Waals surface area contributed by atoms with Crippen LogP contribution < -0.4 is 10.1 Å². The predicted octanol–water partition coefficient (Wildman–Crippen LogP) is 3.47. The van der Waals surface area contributed by atoms with Crippen molar-refractivity contribution in [2.45, 2.75) is 46.2 Å². The lowest BCUT2D eigenvalue weighted by atomic mass is 10.0. The van der Waals surface area contributed by atoms with Crippen LogP contribution in [0.1, 0.15) is 61.3 Å². The number of hydrogen-bond acceptors (Lipinski definition) is 5. The maximum absolute atomic E-state index is 12.9. The van der Waals surface area contributed by atoms with Crippen LogP contribution in [0.25, 0.3) is 11.0 Å². The van der Waals surface area contributed by atoms with Crippen molar-refractivity contribution < 1.29 is 9.53 Å². The predicted molar refractivity (Wildman–Crippen MR) is 104 cm³/mol. The average Bonchev–Trinajstić information content (AvgIpc) is 3.09. The van der Waals surface area contributed by atoms with E-state index in [0.29, 0.717) is 18.0 Å². The van der Waals surface area contributed by atoms with Gasteiger partial charge < -0.3 is 10.1 Å². The van der Waals surface area contributed by atoms with E-state index in [4.69, 9.17) is 9.72 Å². The number of fused-ring (bicyclic) bond motifs is 1. The molecule has 0 saturated carbocycles. The minimum atomic E-state index is -0.168. The average molecular weight is 367 g/mol. The standard InChI is InChI=1S/C20H25N5O2/c1-12(2)17-9-15(16-11-23-25(13(3)4)18(16)24-17)19(26)22-10-14-7-6-8-21-20(14)27-5/h6-9,11-13H,10H2,1-5H3,(H,22,26). The molecule has 3 rings (SSSR count). The highest BCUT2D eigenvalue weighted by atomic mass is 16.5. The zero-order valence-corrected chi connectivity index (χ0v) is 16.4. The van der Waals surface area contributed by atoms with Crippen LogP contribution in [0.3, 0.4) is 0 Å². The molecular weight excluding hydrogens is 342 g/mol. The Hall–Kier alpha value is -2.96. The highest BCUT2D eigenvalue weighted by molar-refractivity contribution is 6.05. The lowest BCUT2D eigenvalue weighted by Gasteiger charge is -2.13. The maximum atomic E-state index is 12.9. The number of carbonyl (C=O) groups is 1. The number of aromatic nitrogens is 4. The minimum Gasteiger partial charge on any atom is -0.481 e. The Labute approximate surface area is 158 Å². The van der Waals surface area contributed by atoms with Gasteiger partial charge in [0.15, 0.2) is 5.65 Å². The van der Waals surface area contributed by atoms with Gasteiger partial charge in [-0.15, -0.1) is 0 Å². The number of carbonyl (C=O) groups excluding carboxylic acids is 1. The summed E-state index contributed by atoms with van der Waals surface area (Å²) in [5, 5.41) is 8.14. The number of ether oxygens (including phenoxy) is 1. The second kappa shape index (κ2) is 7.73. The minimum absolute atomic E-state index is 0.160. The summed E-state index contributed by atoms with van der Waals surface area (Å²) in [6.07, 6.45) is 3.37. The van der Waals surface area contributed by atoms with Crippen LogP contribution in [-0.4, -0.2) is 32.8 Å². The topological polar surface area (TPSA) is 81.9 Å². The van der Waals surface area contributed by atoms with Crippen molar-refractivity contribution in [1.82, 2.24) is 25.1 Å². The van der Waals surface area contributed by atoms with Gasteiger partial charge in [-0.3, -0.25) is 4.79 Å². The molecule has 3 aromatic rings. The molecule has 0 aliphatic carbocycles. The van der Waals surface area contributed by atoms with E-state index >= 15 is 0 Å². The second-order valence-electron chi connectivity index (χ2n) is 7.02. The van der Waals surface area contributed by atoms with Crippen LogP contribution in [0.4, 0.5) is 0 Å². The lowest BCUT2D eigenvalue weighted by Crippen LogP contribution is -2.24. The Balaban J connectivity index is 1.96. The molecule has 7 nitrogen and oxygen atoms in total. The third-order valence-electron chi connectivity index (χ3n) is 4.39. The van der Waals surface area contributed by atoms with Crippen LogP contribution in [0.2, 0.25) is 0 Å². The first-order valence-corrected chi connectivity index (χ1v) is 9.06. The fraction of sp³-hybridized carbons (Fsp3) is 0.400. The number of methoxy groups -OCH3 is 1. The van der Waals surface area contributed by atoms with Gasteiger partial charge in [0.25, 0.3) is 5.91 Å². The summed E-state index contributed by atoms with van der Waals surface area (Å²) in [5.41, 5.74) is 3.01. The smallest absolute Gasteiger partial charge is 0.252 e. The summed E-state index contributed by atoms with van der Waals surface area (Å²) in [5.74, 6) is 0.543. The molecule has 0 fully saturated rings. The van der Waals surface area contributed by atoms with Gasteiger partial charge in [-0.25, -0.2) is 14.6 Å². The summed E-state index contributed by atoms with van der Waals surface area (Å²) in [4.78, 5) is 21.8. The monoisotopic (exact) mass is 367 g/mol. The van der Waals surface area contributed by atoms with Crippen LogP contribution in [0.5, 0.6) is 5.88 Å². The van der Waals surface area contributed by atoms with Crippen LogP contribution in [0.15, 0.2) is 30.6 Å². The molecule has 1 amide bonds. The zero-order valence-electron chi connectivity index (χ0n) is 16.4. The van der Waals surface area contributed by atoms with Gasteiger partial charge in [0.05, 0.1) is 24.3 Å². The van der Waals surface area contributed by atoms with Gasteiger partial charge in [-0.2, -0.15) is 5.10 Å². The van der Waals surface area contributed by atoms with Crippen molar-refractivity contribution in [2.75, 3.05) is 7.11 Å². The molecule has 0 unspecified atom stereocenters. The molecule has 0 aliphatic heterocycles. The van der Waals surface area contributed by atoms with Crippen LogP contribution >= 0.6 is 0 Å². The quantitative estimate of drug-likeness (QED) is 0.721. The van der Waals surface area contributed by atoms with E-state index in [0.717, 1.165) is 22.3 Å². The normalized spacial score (nSPS) is 11.4. The zero-order chi connectivity index (χ0) is 19.6. The molecule has 142 valence electrons. The molecule has 0 aliphatic rings. The van der Waals surface area contributed by atoms with Crippen molar-refractivity contribution in [2.24, 2.45) is 0 Å². The summed E-state index contributed by atoms with van der Waals surface area (Å²) < 4.78 is 7.10. The molecule has 0 spiro atoms. The summed E-state index contributed by atoms with van der Waals surface area (Å²) >= 11 is 0. The van der Waals surface area contributed by atoms with Gasteiger partial charge in [-0.1, -0.05) is 19.9 Å². The first-order chi connectivity index (χ1) is 12.9. The molecule has 27 heavy (non-hydrogen) atoms. The molecular formula is C20H25N5O2. The van der Waals surface area contributed by atoms with Crippen molar-refractivity contribution in [3.63, 3.8) is 0 Å². The molecule has 0 bridgehead atoms. The van der Waals surface area contributed by atoms with Crippen molar-refractivity contribution in [3.05, 3.63) is 47.4 Å².